The molecule has 0 unspecified atom stereocenters. The molecule has 2 rings (SSSR count). The Balaban J connectivity index is 2.13. The zero-order valence-electron chi connectivity index (χ0n) is 12.1. The lowest BCUT2D eigenvalue weighted by atomic mass is 9.99. The van der Waals surface area contributed by atoms with E-state index in [1.54, 1.807) is 0 Å². The maximum Gasteiger partial charge on any atom is 0.317 e. The van der Waals surface area contributed by atoms with E-state index >= 15 is 0 Å². The van der Waals surface area contributed by atoms with Crippen LogP contribution in [0, 0.1) is 26.7 Å². The summed E-state index contributed by atoms with van der Waals surface area (Å²) in [4.78, 5) is 13.1. The summed E-state index contributed by atoms with van der Waals surface area (Å²) < 4.78 is 0. The minimum absolute atomic E-state index is 0.142. The molecule has 104 valence electrons. The number of hydrogen-bond donors (Lipinski definition) is 1. The van der Waals surface area contributed by atoms with Gasteiger partial charge in [0.1, 0.15) is 0 Å². The van der Waals surface area contributed by atoms with Gasteiger partial charge in [-0.15, -0.1) is 0 Å². The second-order valence-electron chi connectivity index (χ2n) is 5.88. The van der Waals surface area contributed by atoms with Crippen molar-refractivity contribution in [1.82, 2.24) is 4.90 Å². The summed E-state index contributed by atoms with van der Waals surface area (Å²) in [5, 5.41) is 9.04. The van der Waals surface area contributed by atoms with E-state index in [1.165, 1.54) is 35.1 Å². The van der Waals surface area contributed by atoms with E-state index in [1.807, 2.05) is 0 Å². The van der Waals surface area contributed by atoms with E-state index in [0.29, 0.717) is 5.92 Å². The highest BCUT2D eigenvalue weighted by Crippen LogP contribution is 2.30. The third kappa shape index (κ3) is 4.06. The largest absolute Gasteiger partial charge is 0.480 e. The van der Waals surface area contributed by atoms with Crippen molar-refractivity contribution >= 4 is 5.97 Å². The van der Waals surface area contributed by atoms with E-state index in [0.717, 1.165) is 13.1 Å². The van der Waals surface area contributed by atoms with Gasteiger partial charge in [0, 0.05) is 13.1 Å². The smallest absolute Gasteiger partial charge is 0.317 e. The minimum atomic E-state index is -0.733. The molecule has 1 fully saturated rings. The van der Waals surface area contributed by atoms with Crippen molar-refractivity contribution < 1.29 is 9.90 Å². The molecular formula is C16H23NO2. The zero-order valence-corrected chi connectivity index (χ0v) is 12.1. The van der Waals surface area contributed by atoms with Crippen LogP contribution in [0.1, 0.15) is 35.1 Å². The molecular weight excluding hydrogens is 238 g/mol. The van der Waals surface area contributed by atoms with Crippen molar-refractivity contribution in [3.63, 3.8) is 0 Å². The molecule has 1 aromatic rings. The highest BCUT2D eigenvalue weighted by Gasteiger charge is 2.25. The highest BCUT2D eigenvalue weighted by molar-refractivity contribution is 5.69. The number of hydrogen-bond acceptors (Lipinski definition) is 2. The predicted molar refractivity (Wildman–Crippen MR) is 76.3 cm³/mol. The van der Waals surface area contributed by atoms with Crippen LogP contribution in [0.5, 0.6) is 0 Å². The lowest BCUT2D eigenvalue weighted by Crippen LogP contribution is -2.31. The molecule has 0 saturated heterocycles. The summed E-state index contributed by atoms with van der Waals surface area (Å²) >= 11 is 0. The molecule has 1 saturated carbocycles. The first kappa shape index (κ1) is 14.1. The first-order valence-corrected chi connectivity index (χ1v) is 6.96. The maximum atomic E-state index is 11.0. The Kier molecular flexibility index (Phi) is 4.25. The molecule has 0 heterocycles. The summed E-state index contributed by atoms with van der Waals surface area (Å²) in [5.41, 5.74) is 5.09. The van der Waals surface area contributed by atoms with Crippen LogP contribution in [0.4, 0.5) is 0 Å². The van der Waals surface area contributed by atoms with E-state index in [-0.39, 0.29) is 6.54 Å². The molecule has 0 bridgehead atoms. The van der Waals surface area contributed by atoms with Crippen molar-refractivity contribution in [2.45, 2.75) is 40.2 Å². The fourth-order valence-corrected chi connectivity index (χ4v) is 2.72. The summed E-state index contributed by atoms with van der Waals surface area (Å²) in [6, 6.07) is 4.36. The Hall–Kier alpha value is -1.35. The number of aryl methyl sites for hydroxylation is 3. The van der Waals surface area contributed by atoms with E-state index in [9.17, 15) is 4.79 Å². The summed E-state index contributed by atoms with van der Waals surface area (Å²) in [6.07, 6.45) is 2.50. The molecule has 1 aliphatic carbocycles. The van der Waals surface area contributed by atoms with Crippen LogP contribution < -0.4 is 0 Å². The van der Waals surface area contributed by atoms with Crippen LogP contribution >= 0.6 is 0 Å². The molecule has 1 N–H and O–H groups in total. The Morgan fingerprint density at radius 3 is 2.32 bits per heavy atom. The third-order valence-corrected chi connectivity index (χ3v) is 3.79. The predicted octanol–water partition coefficient (Wildman–Crippen LogP) is 2.91. The quantitative estimate of drug-likeness (QED) is 0.856. The lowest BCUT2D eigenvalue weighted by molar-refractivity contribution is -0.138. The summed E-state index contributed by atoms with van der Waals surface area (Å²) in [6.45, 7) is 8.14. The number of carboxylic acids is 1. The van der Waals surface area contributed by atoms with Gasteiger partial charge in [-0.2, -0.15) is 0 Å². The third-order valence-electron chi connectivity index (χ3n) is 3.79. The summed E-state index contributed by atoms with van der Waals surface area (Å²) in [7, 11) is 0. The van der Waals surface area contributed by atoms with Gasteiger partial charge in [-0.3, -0.25) is 9.69 Å². The highest BCUT2D eigenvalue weighted by atomic mass is 16.4. The average molecular weight is 261 g/mol. The normalized spacial score (nSPS) is 14.9. The van der Waals surface area contributed by atoms with Gasteiger partial charge in [0.2, 0.25) is 0 Å². The molecule has 1 aliphatic rings. The second kappa shape index (κ2) is 5.74. The molecule has 3 heteroatoms. The standard InChI is InChI=1S/C16H23NO2/c1-11-6-12(2)15(13(3)7-11)9-17(10-16(18)19)8-14-4-5-14/h6-7,14H,4-5,8-10H2,1-3H3,(H,18,19). The second-order valence-corrected chi connectivity index (χ2v) is 5.88. The van der Waals surface area contributed by atoms with E-state index in [2.05, 4.69) is 37.8 Å². The van der Waals surface area contributed by atoms with Crippen molar-refractivity contribution in [2.24, 2.45) is 5.92 Å². The van der Waals surface area contributed by atoms with Gasteiger partial charge in [0.15, 0.2) is 0 Å². The summed E-state index contributed by atoms with van der Waals surface area (Å²) in [5.74, 6) is -0.0199. The monoisotopic (exact) mass is 261 g/mol. The van der Waals surface area contributed by atoms with Crippen molar-refractivity contribution in [3.8, 4) is 0 Å². The van der Waals surface area contributed by atoms with Gasteiger partial charge >= 0.3 is 5.97 Å². The molecule has 0 aromatic heterocycles. The van der Waals surface area contributed by atoms with Gasteiger partial charge in [0.25, 0.3) is 0 Å². The van der Waals surface area contributed by atoms with Crippen LogP contribution in [-0.4, -0.2) is 29.1 Å². The van der Waals surface area contributed by atoms with Crippen molar-refractivity contribution in [3.05, 3.63) is 34.4 Å². The molecule has 19 heavy (non-hydrogen) atoms. The minimum Gasteiger partial charge on any atom is -0.480 e. The van der Waals surface area contributed by atoms with Gasteiger partial charge in [-0.05, 0) is 56.2 Å². The molecule has 0 atom stereocenters. The van der Waals surface area contributed by atoms with E-state index < -0.39 is 5.97 Å². The van der Waals surface area contributed by atoms with Crippen LogP contribution in [0.3, 0.4) is 0 Å². The molecule has 0 radical (unpaired) electrons. The molecule has 0 aliphatic heterocycles. The fraction of sp³-hybridized carbons (Fsp3) is 0.562. The molecule has 0 spiro atoms. The Labute approximate surface area is 115 Å². The topological polar surface area (TPSA) is 40.5 Å². The number of nitrogens with zero attached hydrogens (tertiary/aromatic N) is 1. The van der Waals surface area contributed by atoms with E-state index in [4.69, 9.17) is 5.11 Å². The number of rotatable bonds is 6. The number of carbonyl (C=O) groups is 1. The zero-order chi connectivity index (χ0) is 14.0. The van der Waals surface area contributed by atoms with Crippen molar-refractivity contribution in [1.29, 1.82) is 0 Å². The Morgan fingerprint density at radius 2 is 1.84 bits per heavy atom. The first-order chi connectivity index (χ1) is 8.95. The van der Waals surface area contributed by atoms with Crippen LogP contribution in [-0.2, 0) is 11.3 Å². The average Bonchev–Trinajstić information content (AvgIpc) is 3.06. The van der Waals surface area contributed by atoms with Crippen LogP contribution in [0.15, 0.2) is 12.1 Å². The van der Waals surface area contributed by atoms with Crippen LogP contribution in [0.25, 0.3) is 0 Å². The fourth-order valence-electron chi connectivity index (χ4n) is 2.72. The van der Waals surface area contributed by atoms with Gasteiger partial charge in [-0.25, -0.2) is 0 Å². The Morgan fingerprint density at radius 1 is 1.26 bits per heavy atom. The van der Waals surface area contributed by atoms with Crippen molar-refractivity contribution in [2.75, 3.05) is 13.1 Å². The van der Waals surface area contributed by atoms with Gasteiger partial charge in [0.05, 0.1) is 6.54 Å². The maximum absolute atomic E-state index is 11.0. The Bertz CT molecular complexity index is 455. The number of benzene rings is 1. The van der Waals surface area contributed by atoms with Gasteiger partial charge in [-0.1, -0.05) is 17.7 Å². The molecule has 3 nitrogen and oxygen atoms in total. The van der Waals surface area contributed by atoms with Crippen LogP contribution in [0.2, 0.25) is 0 Å². The molecule has 0 amide bonds. The molecule has 1 aromatic carbocycles. The first-order valence-electron chi connectivity index (χ1n) is 6.96. The van der Waals surface area contributed by atoms with Gasteiger partial charge < -0.3 is 5.11 Å². The lowest BCUT2D eigenvalue weighted by Gasteiger charge is -2.22. The SMILES string of the molecule is Cc1cc(C)c(CN(CC(=O)O)CC2CC2)c(C)c1. The number of aliphatic carboxylic acids is 1. The number of carboxylic acid groups (broad SMARTS) is 1.